The number of nitrogen functional groups attached to an aromatic ring is 1. The van der Waals surface area contributed by atoms with E-state index in [-0.39, 0.29) is 34.2 Å². The van der Waals surface area contributed by atoms with Crippen molar-refractivity contribution in [1.29, 1.82) is 5.26 Å². The normalized spacial score (nSPS) is 19.6. The quantitative estimate of drug-likeness (QED) is 0.444. The van der Waals surface area contributed by atoms with E-state index in [2.05, 4.69) is 16.2 Å². The molecule has 2 aromatic carbocycles. The van der Waals surface area contributed by atoms with Gasteiger partial charge in [-0.25, -0.2) is 14.1 Å². The molecule has 0 unspecified atom stereocenters. The number of rotatable bonds is 5. The van der Waals surface area contributed by atoms with Gasteiger partial charge in [0.15, 0.2) is 5.82 Å². The Labute approximate surface area is 196 Å². The molecule has 0 aliphatic heterocycles. The van der Waals surface area contributed by atoms with E-state index in [0.29, 0.717) is 36.3 Å². The van der Waals surface area contributed by atoms with Crippen LogP contribution in [-0.2, 0) is 0 Å². The predicted octanol–water partition coefficient (Wildman–Crippen LogP) is 4.84. The summed E-state index contributed by atoms with van der Waals surface area (Å²) in [4.78, 5) is 4.60. The fourth-order valence-corrected chi connectivity index (χ4v) is 4.59. The van der Waals surface area contributed by atoms with Crippen LogP contribution >= 0.6 is 0 Å². The summed E-state index contributed by atoms with van der Waals surface area (Å²) >= 11 is 0. The first kappa shape index (κ1) is 21.9. The zero-order chi connectivity index (χ0) is 24.0. The lowest BCUT2D eigenvalue weighted by Crippen LogP contribution is -2.42. The monoisotopic (exact) mass is 457 g/mol. The average Bonchev–Trinajstić information content (AvgIpc) is 3.14. The van der Waals surface area contributed by atoms with E-state index < -0.39 is 11.4 Å². The Hall–Kier alpha value is -3.96. The van der Waals surface area contributed by atoms with Crippen molar-refractivity contribution in [1.82, 2.24) is 14.8 Å². The van der Waals surface area contributed by atoms with Gasteiger partial charge in [-0.15, -0.1) is 0 Å². The number of aromatic nitrogens is 3. The number of hydrogen-bond donors (Lipinski definition) is 2. The maximum atomic E-state index is 16.0. The number of hydrogen-bond acceptors (Lipinski definition) is 6. The minimum Gasteiger partial charge on any atom is -0.493 e. The third-order valence-electron chi connectivity index (χ3n) is 6.26. The molecule has 1 saturated carbocycles. The Morgan fingerprint density at radius 3 is 2.65 bits per heavy atom. The van der Waals surface area contributed by atoms with E-state index in [9.17, 15) is 10.4 Å². The summed E-state index contributed by atoms with van der Waals surface area (Å²) in [6, 6.07) is 16.5. The molecule has 2 aromatic heterocycles. The summed E-state index contributed by atoms with van der Waals surface area (Å²) in [7, 11) is 0. The maximum absolute atomic E-state index is 16.0. The first-order valence-corrected chi connectivity index (χ1v) is 11.1. The summed E-state index contributed by atoms with van der Waals surface area (Å²) in [5, 5.41) is 24.9. The molecule has 1 aliphatic rings. The van der Waals surface area contributed by atoms with Crippen LogP contribution in [-0.4, -0.2) is 32.1 Å². The number of nitrogens with two attached hydrogens (primary N) is 1. The second kappa shape index (κ2) is 8.12. The molecule has 1 fully saturated rings. The fraction of sp³-hybridized carbons (Fsp3) is 0.269. The van der Waals surface area contributed by atoms with Gasteiger partial charge in [-0.2, -0.15) is 10.4 Å². The highest BCUT2D eigenvalue weighted by Gasteiger charge is 2.41. The highest BCUT2D eigenvalue weighted by Crippen LogP contribution is 2.44. The fourth-order valence-electron chi connectivity index (χ4n) is 4.59. The Kier molecular flexibility index (Phi) is 5.22. The maximum Gasteiger partial charge on any atom is 0.159 e. The van der Waals surface area contributed by atoms with Gasteiger partial charge in [0.25, 0.3) is 0 Å². The Bertz CT molecular complexity index is 1430. The summed E-state index contributed by atoms with van der Waals surface area (Å²) in [6.07, 6.45) is 0.923. The standard InChI is InChI=1S/C26H24FN5O2/c1-3-34-21-11-20(15-7-5-4-6-8-15)30-24-17(21)9-10-18(22(24)27)23-19(14-28)25(29)32(31-23)16-12-26(2,33)13-16/h4-11,16,33H,3,12-13,29H2,1-2H3/t16-,26+. The second-order valence-corrected chi connectivity index (χ2v) is 8.85. The van der Waals surface area contributed by atoms with Crippen molar-refractivity contribution < 1.29 is 14.2 Å². The minimum atomic E-state index is -0.794. The summed E-state index contributed by atoms with van der Waals surface area (Å²) < 4.78 is 23.3. The molecule has 0 spiro atoms. The number of anilines is 1. The topological polar surface area (TPSA) is 110 Å². The van der Waals surface area contributed by atoms with Gasteiger partial charge in [0.05, 0.1) is 23.9 Å². The van der Waals surface area contributed by atoms with Crippen molar-refractivity contribution >= 4 is 16.7 Å². The Morgan fingerprint density at radius 1 is 1.26 bits per heavy atom. The summed E-state index contributed by atoms with van der Waals surface area (Å²) in [5.41, 5.74) is 7.37. The highest BCUT2D eigenvalue weighted by molar-refractivity contribution is 5.92. The van der Waals surface area contributed by atoms with Crippen LogP contribution in [0.5, 0.6) is 5.75 Å². The van der Waals surface area contributed by atoms with Crippen LogP contribution in [0.3, 0.4) is 0 Å². The van der Waals surface area contributed by atoms with Crippen LogP contribution in [0.25, 0.3) is 33.4 Å². The molecule has 8 heteroatoms. The third-order valence-corrected chi connectivity index (χ3v) is 6.26. The molecule has 0 radical (unpaired) electrons. The lowest BCUT2D eigenvalue weighted by Gasteiger charge is -2.41. The lowest BCUT2D eigenvalue weighted by atomic mass is 9.77. The van der Waals surface area contributed by atoms with Gasteiger partial charge in [-0.3, -0.25) is 0 Å². The molecule has 7 nitrogen and oxygen atoms in total. The van der Waals surface area contributed by atoms with E-state index in [1.807, 2.05) is 37.3 Å². The molecule has 1 aliphatic carbocycles. The number of aliphatic hydroxyl groups is 1. The SMILES string of the molecule is CCOc1cc(-c2ccccc2)nc2c(F)c(-c3nn([C@H]4C[C@@](C)(O)C4)c(N)c3C#N)ccc12. The highest BCUT2D eigenvalue weighted by atomic mass is 19.1. The number of halogens is 1. The van der Waals surface area contributed by atoms with Crippen molar-refractivity contribution in [2.75, 3.05) is 12.3 Å². The molecular formula is C26H24FN5O2. The summed E-state index contributed by atoms with van der Waals surface area (Å²) in [6.45, 7) is 4.03. The van der Waals surface area contributed by atoms with Crippen LogP contribution in [0.2, 0.25) is 0 Å². The first-order valence-electron chi connectivity index (χ1n) is 11.1. The van der Waals surface area contributed by atoms with Crippen molar-refractivity contribution in [2.24, 2.45) is 0 Å². The van der Waals surface area contributed by atoms with Crippen LogP contribution in [0, 0.1) is 17.1 Å². The molecule has 34 heavy (non-hydrogen) atoms. The largest absolute Gasteiger partial charge is 0.493 e. The molecule has 2 heterocycles. The van der Waals surface area contributed by atoms with Gasteiger partial charge in [-0.05, 0) is 38.8 Å². The molecule has 4 aromatic rings. The lowest BCUT2D eigenvalue weighted by molar-refractivity contribution is -0.0535. The minimum absolute atomic E-state index is 0.106. The average molecular weight is 458 g/mol. The molecule has 3 N–H and O–H groups in total. The van der Waals surface area contributed by atoms with Crippen molar-refractivity contribution in [2.45, 2.75) is 38.3 Å². The van der Waals surface area contributed by atoms with Gasteiger partial charge < -0.3 is 15.6 Å². The van der Waals surface area contributed by atoms with Gasteiger partial charge in [0.1, 0.15) is 34.4 Å². The van der Waals surface area contributed by atoms with E-state index in [4.69, 9.17) is 10.5 Å². The number of nitrogens with zero attached hydrogens (tertiary/aromatic N) is 4. The van der Waals surface area contributed by atoms with Crippen molar-refractivity contribution in [3.63, 3.8) is 0 Å². The molecule has 0 bridgehead atoms. The second-order valence-electron chi connectivity index (χ2n) is 8.85. The summed E-state index contributed by atoms with van der Waals surface area (Å²) in [5.74, 6) is 0.0931. The predicted molar refractivity (Wildman–Crippen MR) is 128 cm³/mol. The van der Waals surface area contributed by atoms with E-state index in [0.717, 1.165) is 5.56 Å². The van der Waals surface area contributed by atoms with Gasteiger partial charge in [-0.1, -0.05) is 30.3 Å². The van der Waals surface area contributed by atoms with E-state index in [1.165, 1.54) is 4.68 Å². The molecule has 0 atom stereocenters. The van der Waals surface area contributed by atoms with E-state index in [1.54, 1.807) is 25.1 Å². The zero-order valence-electron chi connectivity index (χ0n) is 18.9. The molecule has 0 saturated heterocycles. The van der Waals surface area contributed by atoms with Crippen LogP contribution in [0.15, 0.2) is 48.5 Å². The van der Waals surface area contributed by atoms with Crippen LogP contribution in [0.4, 0.5) is 10.2 Å². The number of benzene rings is 2. The number of fused-ring (bicyclic) bond motifs is 1. The smallest absolute Gasteiger partial charge is 0.159 e. The third kappa shape index (κ3) is 3.55. The Morgan fingerprint density at radius 2 is 2.00 bits per heavy atom. The molecule has 0 amide bonds. The van der Waals surface area contributed by atoms with Crippen LogP contribution in [0.1, 0.15) is 38.3 Å². The molecular weight excluding hydrogens is 433 g/mol. The number of ether oxygens (including phenoxy) is 1. The number of pyridine rings is 1. The molecule has 5 rings (SSSR count). The van der Waals surface area contributed by atoms with Gasteiger partial charge in [0.2, 0.25) is 0 Å². The van der Waals surface area contributed by atoms with E-state index >= 15 is 4.39 Å². The van der Waals surface area contributed by atoms with Crippen molar-refractivity contribution in [3.8, 4) is 34.3 Å². The first-order chi connectivity index (χ1) is 16.3. The number of nitriles is 1. The van der Waals surface area contributed by atoms with Crippen molar-refractivity contribution in [3.05, 3.63) is 59.9 Å². The van der Waals surface area contributed by atoms with Gasteiger partial charge in [0, 0.05) is 22.6 Å². The molecule has 172 valence electrons. The zero-order valence-corrected chi connectivity index (χ0v) is 18.9. The Balaban J connectivity index is 1.69. The van der Waals surface area contributed by atoms with Gasteiger partial charge >= 0.3 is 0 Å². The van der Waals surface area contributed by atoms with Crippen LogP contribution < -0.4 is 10.5 Å².